The molecule has 14 heteroatoms. The molecular weight excluding hydrogens is 464 g/mol. The molecule has 1 amide bonds. The number of halogens is 6. The predicted molar refractivity (Wildman–Crippen MR) is 100 cm³/mol. The van der Waals surface area contributed by atoms with E-state index in [-0.39, 0.29) is 5.92 Å². The average Bonchev–Trinajstić information content (AvgIpc) is 3.35. The third kappa shape index (κ3) is 7.87. The number of aliphatic carboxylic acids is 2. The van der Waals surface area contributed by atoms with E-state index in [9.17, 15) is 31.1 Å². The Hall–Kier alpha value is -2.90. The van der Waals surface area contributed by atoms with Gasteiger partial charge in [-0.15, -0.1) is 0 Å². The molecule has 0 aromatic carbocycles. The summed E-state index contributed by atoms with van der Waals surface area (Å²) in [7, 11) is 0. The summed E-state index contributed by atoms with van der Waals surface area (Å²) in [5.41, 5.74) is 0.954. The molecule has 2 atom stereocenters. The largest absolute Gasteiger partial charge is 0.490 e. The van der Waals surface area contributed by atoms with Crippen molar-refractivity contribution in [1.82, 2.24) is 9.88 Å². The lowest BCUT2D eigenvalue weighted by atomic mass is 10.0. The van der Waals surface area contributed by atoms with E-state index in [1.807, 2.05) is 17.0 Å². The lowest BCUT2D eigenvalue weighted by Gasteiger charge is -2.21. The van der Waals surface area contributed by atoms with Gasteiger partial charge in [-0.05, 0) is 30.9 Å². The van der Waals surface area contributed by atoms with Gasteiger partial charge >= 0.3 is 24.3 Å². The Morgan fingerprint density at radius 2 is 1.55 bits per heavy atom. The second kappa shape index (κ2) is 10.4. The number of rotatable bonds is 3. The number of fused-ring (bicyclic) bond motifs is 1. The normalized spacial score (nSPS) is 22.6. The van der Waals surface area contributed by atoms with Crippen molar-refractivity contribution in [3.05, 3.63) is 24.5 Å². The first-order chi connectivity index (χ1) is 15.2. The van der Waals surface area contributed by atoms with Gasteiger partial charge in [-0.3, -0.25) is 9.78 Å². The zero-order valence-electron chi connectivity index (χ0n) is 17.0. The molecule has 0 bridgehead atoms. The number of amides is 1. The van der Waals surface area contributed by atoms with Gasteiger partial charge < -0.3 is 20.0 Å². The Balaban J connectivity index is 0.000000230. The summed E-state index contributed by atoms with van der Waals surface area (Å²) in [5.74, 6) is -3.55. The SMILES string of the molecule is O=C(O)C(F)(F)F.O=C(O)C(F)(F)F.O=C1[C@H]2CN(CC3CC3)C[C@H]2CN1c1cccnc1. The first-order valence-electron chi connectivity index (χ1n) is 9.74. The molecule has 0 radical (unpaired) electrons. The Morgan fingerprint density at radius 1 is 1.00 bits per heavy atom. The van der Waals surface area contributed by atoms with Crippen LogP contribution in [0.25, 0.3) is 0 Å². The standard InChI is InChI=1S/C15H19N3O.2C2HF3O2/c19-15-14-10-17(7-11-3-4-11)8-12(14)9-18(15)13-2-1-5-16-6-13;2*3-2(4,5)1(6)7/h1-2,5-6,11-12,14H,3-4,7-10H2;2*(H,6,7)/t12-,14-;;/m0../s1. The summed E-state index contributed by atoms with van der Waals surface area (Å²) in [5, 5.41) is 14.2. The Labute approximate surface area is 183 Å². The highest BCUT2D eigenvalue weighted by Crippen LogP contribution is 2.37. The summed E-state index contributed by atoms with van der Waals surface area (Å²) in [6.45, 7) is 4.16. The second-order valence-electron chi connectivity index (χ2n) is 7.79. The van der Waals surface area contributed by atoms with Crippen molar-refractivity contribution < 1.29 is 50.9 Å². The van der Waals surface area contributed by atoms with Gasteiger partial charge in [0.15, 0.2) is 0 Å². The lowest BCUT2D eigenvalue weighted by molar-refractivity contribution is -0.193. The van der Waals surface area contributed by atoms with Crippen molar-refractivity contribution in [2.24, 2.45) is 17.8 Å². The fourth-order valence-corrected chi connectivity index (χ4v) is 3.51. The fraction of sp³-hybridized carbons (Fsp3) is 0.579. The molecule has 2 saturated heterocycles. The topological polar surface area (TPSA) is 111 Å². The first-order valence-corrected chi connectivity index (χ1v) is 9.74. The number of hydrogen-bond acceptors (Lipinski definition) is 5. The summed E-state index contributed by atoms with van der Waals surface area (Å²) in [6, 6.07) is 3.88. The zero-order valence-corrected chi connectivity index (χ0v) is 17.0. The van der Waals surface area contributed by atoms with Gasteiger partial charge in [0.2, 0.25) is 5.91 Å². The zero-order chi connectivity index (χ0) is 25.0. The molecule has 4 rings (SSSR count). The van der Waals surface area contributed by atoms with Gasteiger partial charge in [0.05, 0.1) is 17.8 Å². The molecule has 184 valence electrons. The highest BCUT2D eigenvalue weighted by atomic mass is 19.4. The van der Waals surface area contributed by atoms with Crippen LogP contribution in [-0.2, 0) is 14.4 Å². The van der Waals surface area contributed by atoms with E-state index in [1.54, 1.807) is 12.4 Å². The molecule has 0 unspecified atom stereocenters. The Morgan fingerprint density at radius 3 is 1.94 bits per heavy atom. The molecule has 1 aliphatic carbocycles. The molecule has 3 aliphatic rings. The first kappa shape index (κ1) is 26.4. The van der Waals surface area contributed by atoms with Crippen LogP contribution in [0.15, 0.2) is 24.5 Å². The van der Waals surface area contributed by atoms with Crippen LogP contribution < -0.4 is 4.90 Å². The van der Waals surface area contributed by atoms with Crippen molar-refractivity contribution in [2.75, 3.05) is 31.1 Å². The number of carbonyl (C=O) groups excluding carboxylic acids is 1. The minimum Gasteiger partial charge on any atom is -0.475 e. The number of carboxylic acid groups (broad SMARTS) is 2. The van der Waals surface area contributed by atoms with E-state index in [1.165, 1.54) is 19.4 Å². The lowest BCUT2D eigenvalue weighted by Crippen LogP contribution is -2.33. The molecule has 2 aliphatic heterocycles. The number of carboxylic acids is 2. The molecule has 1 saturated carbocycles. The van der Waals surface area contributed by atoms with Crippen LogP contribution in [0.4, 0.5) is 32.0 Å². The number of aromatic nitrogens is 1. The van der Waals surface area contributed by atoms with Crippen LogP contribution in [0.5, 0.6) is 0 Å². The molecule has 3 fully saturated rings. The molecular formula is C19H21F6N3O5. The third-order valence-corrected chi connectivity index (χ3v) is 5.17. The third-order valence-electron chi connectivity index (χ3n) is 5.17. The Bertz CT molecular complexity index is 821. The maximum Gasteiger partial charge on any atom is 0.490 e. The number of carbonyl (C=O) groups is 3. The van der Waals surface area contributed by atoms with Crippen LogP contribution in [0, 0.1) is 17.8 Å². The maximum atomic E-state index is 12.5. The van der Waals surface area contributed by atoms with Gasteiger partial charge in [-0.25, -0.2) is 9.59 Å². The fourth-order valence-electron chi connectivity index (χ4n) is 3.51. The van der Waals surface area contributed by atoms with E-state index < -0.39 is 24.3 Å². The van der Waals surface area contributed by atoms with Crippen LogP contribution in [0.3, 0.4) is 0 Å². The number of likely N-dealkylation sites (tertiary alicyclic amines) is 1. The van der Waals surface area contributed by atoms with E-state index in [4.69, 9.17) is 19.8 Å². The van der Waals surface area contributed by atoms with Crippen molar-refractivity contribution in [3.8, 4) is 0 Å². The molecule has 1 aromatic heterocycles. The molecule has 1 aromatic rings. The number of nitrogens with zero attached hydrogens (tertiary/aromatic N) is 3. The van der Waals surface area contributed by atoms with E-state index >= 15 is 0 Å². The highest BCUT2D eigenvalue weighted by molar-refractivity contribution is 5.97. The van der Waals surface area contributed by atoms with Crippen molar-refractivity contribution in [1.29, 1.82) is 0 Å². The predicted octanol–water partition coefficient (Wildman–Crippen LogP) is 2.65. The van der Waals surface area contributed by atoms with Crippen LogP contribution in [0.1, 0.15) is 12.8 Å². The van der Waals surface area contributed by atoms with Crippen molar-refractivity contribution >= 4 is 23.5 Å². The molecule has 3 heterocycles. The summed E-state index contributed by atoms with van der Waals surface area (Å²) in [6.07, 6.45) is -3.84. The quantitative estimate of drug-likeness (QED) is 0.634. The Kier molecular flexibility index (Phi) is 8.27. The second-order valence-corrected chi connectivity index (χ2v) is 7.79. The van der Waals surface area contributed by atoms with Crippen molar-refractivity contribution in [2.45, 2.75) is 25.2 Å². The van der Waals surface area contributed by atoms with Gasteiger partial charge in [0, 0.05) is 38.3 Å². The summed E-state index contributed by atoms with van der Waals surface area (Å²) >= 11 is 0. The van der Waals surface area contributed by atoms with Gasteiger partial charge in [-0.1, -0.05) is 0 Å². The number of alkyl halides is 6. The highest BCUT2D eigenvalue weighted by Gasteiger charge is 2.47. The number of pyridine rings is 1. The van der Waals surface area contributed by atoms with E-state index in [2.05, 4.69) is 9.88 Å². The number of hydrogen-bond donors (Lipinski definition) is 2. The van der Waals surface area contributed by atoms with E-state index in [0.29, 0.717) is 11.8 Å². The molecule has 2 N–H and O–H groups in total. The monoisotopic (exact) mass is 485 g/mol. The minimum atomic E-state index is -5.08. The maximum absolute atomic E-state index is 12.5. The summed E-state index contributed by atoms with van der Waals surface area (Å²) in [4.78, 5) is 38.8. The summed E-state index contributed by atoms with van der Waals surface area (Å²) < 4.78 is 63.5. The van der Waals surface area contributed by atoms with Crippen LogP contribution in [0.2, 0.25) is 0 Å². The number of anilines is 1. The molecule has 33 heavy (non-hydrogen) atoms. The smallest absolute Gasteiger partial charge is 0.475 e. The minimum absolute atomic E-state index is 0.221. The van der Waals surface area contributed by atoms with Gasteiger partial charge in [-0.2, -0.15) is 26.3 Å². The van der Waals surface area contributed by atoms with Crippen LogP contribution >= 0.6 is 0 Å². The molecule has 8 nitrogen and oxygen atoms in total. The van der Waals surface area contributed by atoms with Crippen LogP contribution in [-0.4, -0.2) is 76.5 Å². The van der Waals surface area contributed by atoms with E-state index in [0.717, 1.165) is 31.2 Å². The average molecular weight is 485 g/mol. The van der Waals surface area contributed by atoms with Gasteiger partial charge in [0.1, 0.15) is 0 Å². The van der Waals surface area contributed by atoms with Crippen molar-refractivity contribution in [3.63, 3.8) is 0 Å². The van der Waals surface area contributed by atoms with Gasteiger partial charge in [0.25, 0.3) is 0 Å². The molecule has 0 spiro atoms.